The molecule has 1 N–H and O–H groups in total. The maximum absolute atomic E-state index is 11.7. The molecule has 0 aliphatic carbocycles. The summed E-state index contributed by atoms with van der Waals surface area (Å²) >= 11 is 0. The van der Waals surface area contributed by atoms with Gasteiger partial charge in [-0.25, -0.2) is 0 Å². The zero-order chi connectivity index (χ0) is 18.4. The second-order valence-electron chi connectivity index (χ2n) is 6.16. The summed E-state index contributed by atoms with van der Waals surface area (Å²) in [4.78, 5) is 19.8. The van der Waals surface area contributed by atoms with Crippen LogP contribution >= 0.6 is 24.0 Å². The van der Waals surface area contributed by atoms with Crippen LogP contribution in [-0.2, 0) is 17.8 Å². The zero-order valence-electron chi connectivity index (χ0n) is 16.2. The van der Waals surface area contributed by atoms with Crippen LogP contribution in [0.2, 0.25) is 0 Å². The third kappa shape index (κ3) is 5.39. The molecular formula is C18H29IN4O3. The number of rotatable bonds is 5. The molecule has 0 saturated carbocycles. The number of fused-ring (bicyclic) bond motifs is 1. The molecule has 0 spiro atoms. The van der Waals surface area contributed by atoms with E-state index in [1.165, 1.54) is 11.1 Å². The van der Waals surface area contributed by atoms with Crippen molar-refractivity contribution in [2.75, 3.05) is 48.5 Å². The molecule has 0 saturated heterocycles. The molecule has 0 atom stereocenters. The summed E-state index contributed by atoms with van der Waals surface area (Å²) in [6.07, 6.45) is 1.36. The van der Waals surface area contributed by atoms with Gasteiger partial charge in [0.25, 0.3) is 0 Å². The molecule has 2 rings (SSSR count). The van der Waals surface area contributed by atoms with Crippen LogP contribution in [0.4, 0.5) is 0 Å². The van der Waals surface area contributed by atoms with Gasteiger partial charge < -0.3 is 24.6 Å². The largest absolute Gasteiger partial charge is 0.493 e. The molecule has 8 heteroatoms. The predicted octanol–water partition coefficient (Wildman–Crippen LogP) is 1.73. The number of methoxy groups -OCH3 is 2. The maximum Gasteiger partial charge on any atom is 0.223 e. The summed E-state index contributed by atoms with van der Waals surface area (Å²) in [6, 6.07) is 4.08. The SMILES string of the molecule is CN=C(NCCC(=O)N(C)C)N1CCc2cc(OC)c(OC)cc2C1.I. The summed E-state index contributed by atoms with van der Waals surface area (Å²) in [5, 5.41) is 3.28. The van der Waals surface area contributed by atoms with Crippen molar-refractivity contribution in [1.82, 2.24) is 15.1 Å². The lowest BCUT2D eigenvalue weighted by Crippen LogP contribution is -2.44. The van der Waals surface area contributed by atoms with Crippen molar-refractivity contribution in [1.29, 1.82) is 0 Å². The number of benzene rings is 1. The molecule has 1 heterocycles. The van der Waals surface area contributed by atoms with E-state index in [9.17, 15) is 4.79 Å². The lowest BCUT2D eigenvalue weighted by molar-refractivity contribution is -0.128. The molecule has 0 radical (unpaired) electrons. The molecule has 1 aliphatic heterocycles. The molecule has 0 bridgehead atoms. The van der Waals surface area contributed by atoms with Crippen LogP contribution in [0.25, 0.3) is 0 Å². The molecule has 26 heavy (non-hydrogen) atoms. The van der Waals surface area contributed by atoms with Crippen LogP contribution in [0.1, 0.15) is 17.5 Å². The van der Waals surface area contributed by atoms with Gasteiger partial charge in [0, 0.05) is 47.2 Å². The van der Waals surface area contributed by atoms with Gasteiger partial charge in [0.1, 0.15) is 0 Å². The van der Waals surface area contributed by atoms with E-state index >= 15 is 0 Å². The van der Waals surface area contributed by atoms with E-state index in [1.54, 1.807) is 40.3 Å². The number of nitrogens with zero attached hydrogens (tertiary/aromatic N) is 3. The standard InChI is InChI=1S/C18H28N4O3.HI/c1-19-18(20-8-6-17(23)21(2)3)22-9-7-13-10-15(24-4)16(25-5)11-14(13)12-22;/h10-11H,6-9,12H2,1-5H3,(H,19,20);1H. The third-order valence-electron chi connectivity index (χ3n) is 4.35. The Morgan fingerprint density at radius 3 is 2.38 bits per heavy atom. The lowest BCUT2D eigenvalue weighted by atomic mass is 9.99. The summed E-state index contributed by atoms with van der Waals surface area (Å²) < 4.78 is 10.8. The van der Waals surface area contributed by atoms with E-state index in [1.807, 2.05) is 6.07 Å². The number of ether oxygens (including phenoxy) is 2. The molecule has 0 fully saturated rings. The first-order valence-electron chi connectivity index (χ1n) is 8.39. The van der Waals surface area contributed by atoms with E-state index in [2.05, 4.69) is 21.3 Å². The Kier molecular flexibility index (Phi) is 8.97. The van der Waals surface area contributed by atoms with Crippen molar-refractivity contribution >= 4 is 35.8 Å². The molecule has 146 valence electrons. The van der Waals surface area contributed by atoms with E-state index in [4.69, 9.17) is 9.47 Å². The van der Waals surface area contributed by atoms with Gasteiger partial charge >= 0.3 is 0 Å². The van der Waals surface area contributed by atoms with E-state index < -0.39 is 0 Å². The minimum absolute atomic E-state index is 0. The molecule has 1 amide bonds. The highest BCUT2D eigenvalue weighted by atomic mass is 127. The van der Waals surface area contributed by atoms with Crippen LogP contribution < -0.4 is 14.8 Å². The Balaban J connectivity index is 0.00000338. The van der Waals surface area contributed by atoms with Crippen molar-refractivity contribution < 1.29 is 14.3 Å². The smallest absolute Gasteiger partial charge is 0.223 e. The second-order valence-corrected chi connectivity index (χ2v) is 6.16. The highest BCUT2D eigenvalue weighted by Gasteiger charge is 2.21. The van der Waals surface area contributed by atoms with Gasteiger partial charge in [-0.15, -0.1) is 24.0 Å². The fraction of sp³-hybridized carbons (Fsp3) is 0.556. The molecule has 1 aromatic carbocycles. The van der Waals surface area contributed by atoms with Gasteiger partial charge in [-0.1, -0.05) is 0 Å². The van der Waals surface area contributed by atoms with Crippen LogP contribution in [0, 0.1) is 0 Å². The van der Waals surface area contributed by atoms with Gasteiger partial charge in [-0.05, 0) is 29.7 Å². The minimum atomic E-state index is 0. The third-order valence-corrected chi connectivity index (χ3v) is 4.35. The van der Waals surface area contributed by atoms with E-state index in [-0.39, 0.29) is 29.9 Å². The average Bonchev–Trinajstić information content (AvgIpc) is 2.63. The van der Waals surface area contributed by atoms with Crippen LogP contribution in [0.3, 0.4) is 0 Å². The topological polar surface area (TPSA) is 66.4 Å². The quantitative estimate of drug-likeness (QED) is 0.399. The molecule has 7 nitrogen and oxygen atoms in total. The summed E-state index contributed by atoms with van der Waals surface area (Å²) in [7, 11) is 8.59. The first-order chi connectivity index (χ1) is 12.0. The minimum Gasteiger partial charge on any atom is -0.493 e. The summed E-state index contributed by atoms with van der Waals surface area (Å²) in [5.74, 6) is 2.41. The number of halogens is 1. The number of carbonyl (C=O) groups excluding carboxylic acids is 1. The number of amides is 1. The van der Waals surface area contributed by atoms with Crippen molar-refractivity contribution in [3.05, 3.63) is 23.3 Å². The second kappa shape index (κ2) is 10.4. The van der Waals surface area contributed by atoms with Gasteiger partial charge in [0.2, 0.25) is 5.91 Å². The number of guanidine groups is 1. The Hall–Kier alpha value is -1.71. The Morgan fingerprint density at radius 2 is 1.85 bits per heavy atom. The maximum atomic E-state index is 11.7. The Bertz CT molecular complexity index is 650. The fourth-order valence-electron chi connectivity index (χ4n) is 2.90. The van der Waals surface area contributed by atoms with Gasteiger partial charge in [0.05, 0.1) is 14.2 Å². The van der Waals surface area contributed by atoms with Gasteiger partial charge in [-0.2, -0.15) is 0 Å². The van der Waals surface area contributed by atoms with Crippen LogP contribution in [0.15, 0.2) is 17.1 Å². The van der Waals surface area contributed by atoms with E-state index in [0.29, 0.717) is 13.0 Å². The zero-order valence-corrected chi connectivity index (χ0v) is 18.5. The van der Waals surface area contributed by atoms with Gasteiger partial charge in [0.15, 0.2) is 17.5 Å². The number of carbonyl (C=O) groups is 1. The van der Waals surface area contributed by atoms with Crippen molar-refractivity contribution in [3.63, 3.8) is 0 Å². The molecule has 1 aliphatic rings. The van der Waals surface area contributed by atoms with Gasteiger partial charge in [-0.3, -0.25) is 9.79 Å². The molecule has 0 aromatic heterocycles. The van der Waals surface area contributed by atoms with E-state index in [0.717, 1.165) is 37.0 Å². The summed E-state index contributed by atoms with van der Waals surface area (Å²) in [6.45, 7) is 2.18. The van der Waals surface area contributed by atoms with Crippen molar-refractivity contribution in [2.45, 2.75) is 19.4 Å². The first kappa shape index (κ1) is 22.3. The van der Waals surface area contributed by atoms with Crippen LogP contribution in [0.5, 0.6) is 11.5 Å². The monoisotopic (exact) mass is 476 g/mol. The first-order valence-corrected chi connectivity index (χ1v) is 8.39. The van der Waals surface area contributed by atoms with Crippen molar-refractivity contribution in [3.8, 4) is 11.5 Å². The molecular weight excluding hydrogens is 447 g/mol. The van der Waals surface area contributed by atoms with Crippen LogP contribution in [-0.4, -0.2) is 70.1 Å². The number of hydrogen-bond acceptors (Lipinski definition) is 4. The Morgan fingerprint density at radius 1 is 1.23 bits per heavy atom. The number of nitrogens with one attached hydrogen (secondary N) is 1. The average molecular weight is 476 g/mol. The normalized spacial score (nSPS) is 13.4. The number of hydrogen-bond donors (Lipinski definition) is 1. The Labute approximate surface area is 172 Å². The molecule has 1 aromatic rings. The van der Waals surface area contributed by atoms with Crippen molar-refractivity contribution in [2.24, 2.45) is 4.99 Å². The molecule has 0 unspecified atom stereocenters. The fourth-order valence-corrected chi connectivity index (χ4v) is 2.90. The number of aliphatic imine (C=N–C) groups is 1. The highest BCUT2D eigenvalue weighted by molar-refractivity contribution is 14.0. The lowest BCUT2D eigenvalue weighted by Gasteiger charge is -2.32. The highest BCUT2D eigenvalue weighted by Crippen LogP contribution is 2.33. The predicted molar refractivity (Wildman–Crippen MR) is 114 cm³/mol. The summed E-state index contributed by atoms with van der Waals surface area (Å²) in [5.41, 5.74) is 2.48.